The third kappa shape index (κ3) is 7.66. The summed E-state index contributed by atoms with van der Waals surface area (Å²) in [6, 6.07) is 1.58. The molecule has 23 heavy (non-hydrogen) atoms. The number of ether oxygens (including phenoxy) is 1. The van der Waals surface area contributed by atoms with Crippen molar-refractivity contribution in [2.24, 2.45) is 0 Å². The van der Waals surface area contributed by atoms with Gasteiger partial charge in [-0.05, 0) is 6.92 Å². The van der Waals surface area contributed by atoms with Crippen molar-refractivity contribution in [2.45, 2.75) is 6.92 Å². The number of carbonyl (C=O) groups is 3. The molecule has 0 aliphatic rings. The summed E-state index contributed by atoms with van der Waals surface area (Å²) in [7, 11) is 1.47. The van der Waals surface area contributed by atoms with Crippen LogP contribution in [0.15, 0.2) is 10.6 Å². The molecule has 128 valence electrons. The molecule has 1 rings (SSSR count). The monoisotopic (exact) mass is 345 g/mol. The summed E-state index contributed by atoms with van der Waals surface area (Å²) in [5.74, 6) is -0.848. The summed E-state index contributed by atoms with van der Waals surface area (Å²) in [5.41, 5.74) is 0. The van der Waals surface area contributed by atoms with E-state index < -0.39 is 12.5 Å². The highest BCUT2D eigenvalue weighted by Crippen LogP contribution is 2.09. The van der Waals surface area contributed by atoms with Crippen LogP contribution < -0.4 is 5.32 Å². The first-order valence-electron chi connectivity index (χ1n) is 6.71. The fourth-order valence-corrected chi connectivity index (χ4v) is 2.30. The topological polar surface area (TPSA) is 122 Å². The zero-order valence-corrected chi connectivity index (χ0v) is 13.7. The number of methoxy groups -OCH3 is 1. The number of hydrogen-bond acceptors (Lipinski definition) is 7. The van der Waals surface area contributed by atoms with E-state index >= 15 is 0 Å². The third-order valence-electron chi connectivity index (χ3n) is 2.60. The Morgan fingerprint density at radius 2 is 2.17 bits per heavy atom. The highest BCUT2D eigenvalue weighted by molar-refractivity contribution is 8.00. The Balaban J connectivity index is 2.34. The lowest BCUT2D eigenvalue weighted by atomic mass is 10.4. The van der Waals surface area contributed by atoms with E-state index in [1.807, 2.05) is 0 Å². The van der Waals surface area contributed by atoms with Crippen molar-refractivity contribution in [1.82, 2.24) is 10.1 Å². The number of carboxylic acids is 1. The van der Waals surface area contributed by atoms with Gasteiger partial charge in [0.05, 0.1) is 18.1 Å². The molecule has 10 heteroatoms. The zero-order valence-electron chi connectivity index (χ0n) is 12.9. The van der Waals surface area contributed by atoms with Crippen molar-refractivity contribution in [3.63, 3.8) is 0 Å². The van der Waals surface area contributed by atoms with E-state index in [0.29, 0.717) is 11.6 Å². The largest absolute Gasteiger partial charge is 0.480 e. The Labute approximate surface area is 137 Å². The number of amides is 2. The predicted molar refractivity (Wildman–Crippen MR) is 83.3 cm³/mol. The molecule has 0 saturated heterocycles. The Morgan fingerprint density at radius 3 is 2.74 bits per heavy atom. The second-order valence-corrected chi connectivity index (χ2v) is 5.55. The average molecular weight is 345 g/mol. The molecular formula is C13H19N3O6S. The highest BCUT2D eigenvalue weighted by Gasteiger charge is 2.17. The van der Waals surface area contributed by atoms with Gasteiger partial charge < -0.3 is 24.6 Å². The molecule has 0 fully saturated rings. The first-order valence-corrected chi connectivity index (χ1v) is 7.87. The Bertz CT molecular complexity index is 548. The summed E-state index contributed by atoms with van der Waals surface area (Å²) < 4.78 is 9.66. The van der Waals surface area contributed by atoms with Gasteiger partial charge in [0.15, 0.2) is 5.82 Å². The van der Waals surface area contributed by atoms with Crippen molar-refractivity contribution < 1.29 is 28.8 Å². The number of aliphatic carboxylic acids is 1. The van der Waals surface area contributed by atoms with Gasteiger partial charge in [-0.2, -0.15) is 0 Å². The molecule has 2 amide bonds. The minimum atomic E-state index is -1.10. The van der Waals surface area contributed by atoms with Crippen LogP contribution in [0.3, 0.4) is 0 Å². The molecule has 0 unspecified atom stereocenters. The van der Waals surface area contributed by atoms with E-state index in [4.69, 9.17) is 14.4 Å². The van der Waals surface area contributed by atoms with Gasteiger partial charge in [-0.3, -0.25) is 14.4 Å². The minimum absolute atomic E-state index is 0.00224. The minimum Gasteiger partial charge on any atom is -0.480 e. The number of carbonyl (C=O) groups excluding carboxylic acids is 2. The van der Waals surface area contributed by atoms with E-state index in [9.17, 15) is 14.4 Å². The molecule has 0 radical (unpaired) electrons. The predicted octanol–water partition coefficient (Wildman–Crippen LogP) is 0.214. The normalized spacial score (nSPS) is 10.3. The lowest BCUT2D eigenvalue weighted by Crippen LogP contribution is -2.39. The Morgan fingerprint density at radius 1 is 1.43 bits per heavy atom. The van der Waals surface area contributed by atoms with Crippen LogP contribution in [-0.2, 0) is 19.1 Å². The molecule has 1 aromatic rings. The highest BCUT2D eigenvalue weighted by atomic mass is 32.2. The van der Waals surface area contributed by atoms with Crippen molar-refractivity contribution >= 4 is 35.4 Å². The fourth-order valence-electron chi connectivity index (χ4n) is 1.58. The Hall–Kier alpha value is -2.07. The maximum atomic E-state index is 12.0. The van der Waals surface area contributed by atoms with E-state index in [-0.39, 0.29) is 36.5 Å². The fraction of sp³-hybridized carbons (Fsp3) is 0.538. The van der Waals surface area contributed by atoms with Crippen LogP contribution in [0.5, 0.6) is 0 Å². The molecule has 0 saturated carbocycles. The van der Waals surface area contributed by atoms with E-state index in [0.717, 1.165) is 11.8 Å². The zero-order chi connectivity index (χ0) is 17.2. The Kier molecular flexibility index (Phi) is 8.13. The molecule has 9 nitrogen and oxygen atoms in total. The third-order valence-corrected chi connectivity index (χ3v) is 3.52. The van der Waals surface area contributed by atoms with Crippen LogP contribution in [0.4, 0.5) is 5.82 Å². The van der Waals surface area contributed by atoms with E-state index in [1.165, 1.54) is 12.0 Å². The lowest BCUT2D eigenvalue weighted by molar-refractivity contribution is -0.143. The SMILES string of the molecule is COCCN(CC(=O)O)C(=O)CSCC(=O)Nc1cc(C)on1. The molecule has 0 aliphatic heterocycles. The van der Waals surface area contributed by atoms with Crippen molar-refractivity contribution in [1.29, 1.82) is 0 Å². The maximum Gasteiger partial charge on any atom is 0.323 e. The lowest BCUT2D eigenvalue weighted by Gasteiger charge is -2.19. The van der Waals surface area contributed by atoms with Crippen LogP contribution in [0.25, 0.3) is 0 Å². The van der Waals surface area contributed by atoms with Gasteiger partial charge in [0.25, 0.3) is 0 Å². The molecule has 0 aliphatic carbocycles. The van der Waals surface area contributed by atoms with Gasteiger partial charge in [-0.1, -0.05) is 5.16 Å². The molecule has 0 spiro atoms. The molecule has 2 N–H and O–H groups in total. The quantitative estimate of drug-likeness (QED) is 0.617. The van der Waals surface area contributed by atoms with Crippen LogP contribution in [-0.4, -0.2) is 71.3 Å². The van der Waals surface area contributed by atoms with Crippen LogP contribution in [0.1, 0.15) is 5.76 Å². The number of hydrogen-bond donors (Lipinski definition) is 2. The van der Waals surface area contributed by atoms with Gasteiger partial charge in [-0.15, -0.1) is 11.8 Å². The van der Waals surface area contributed by atoms with E-state index in [1.54, 1.807) is 13.0 Å². The number of nitrogens with one attached hydrogen (secondary N) is 1. The summed E-state index contributed by atoms with van der Waals surface area (Å²) in [4.78, 5) is 35.5. The van der Waals surface area contributed by atoms with Crippen molar-refractivity contribution in [3.05, 3.63) is 11.8 Å². The average Bonchev–Trinajstić information content (AvgIpc) is 2.88. The maximum absolute atomic E-state index is 12.0. The number of nitrogens with zero attached hydrogens (tertiary/aromatic N) is 2. The van der Waals surface area contributed by atoms with E-state index in [2.05, 4.69) is 10.5 Å². The number of rotatable bonds is 10. The summed E-state index contributed by atoms with van der Waals surface area (Å²) in [6.07, 6.45) is 0. The van der Waals surface area contributed by atoms with Crippen LogP contribution in [0.2, 0.25) is 0 Å². The first-order chi connectivity index (χ1) is 10.9. The van der Waals surface area contributed by atoms with Crippen LogP contribution in [0, 0.1) is 6.92 Å². The molecule has 0 atom stereocenters. The molecule has 0 aromatic carbocycles. The smallest absolute Gasteiger partial charge is 0.323 e. The standard InChI is InChI=1S/C13H19N3O6S/c1-9-5-10(15-22-9)14-11(17)7-23-8-12(18)16(3-4-21-2)6-13(19)20/h5H,3-4,6-8H2,1-2H3,(H,19,20)(H,14,15,17). The number of carboxylic acid groups (broad SMARTS) is 1. The number of anilines is 1. The van der Waals surface area contributed by atoms with Gasteiger partial charge in [0.1, 0.15) is 12.3 Å². The molecule has 1 aromatic heterocycles. The second-order valence-electron chi connectivity index (χ2n) is 4.57. The number of thioether (sulfide) groups is 1. The van der Waals surface area contributed by atoms with Gasteiger partial charge in [-0.25, -0.2) is 0 Å². The first kappa shape index (κ1) is 19.0. The molecule has 1 heterocycles. The van der Waals surface area contributed by atoms with Crippen molar-refractivity contribution in [2.75, 3.05) is 43.6 Å². The second kappa shape index (κ2) is 9.85. The van der Waals surface area contributed by atoms with Gasteiger partial charge in [0, 0.05) is 19.7 Å². The molecular weight excluding hydrogens is 326 g/mol. The summed E-state index contributed by atoms with van der Waals surface area (Å²) >= 11 is 1.09. The summed E-state index contributed by atoms with van der Waals surface area (Å²) in [5, 5.41) is 14.9. The van der Waals surface area contributed by atoms with Gasteiger partial charge >= 0.3 is 5.97 Å². The van der Waals surface area contributed by atoms with Gasteiger partial charge in [0.2, 0.25) is 11.8 Å². The summed E-state index contributed by atoms with van der Waals surface area (Å²) in [6.45, 7) is 1.74. The molecule has 0 bridgehead atoms. The van der Waals surface area contributed by atoms with Crippen LogP contribution >= 0.6 is 11.8 Å². The number of aryl methyl sites for hydroxylation is 1. The van der Waals surface area contributed by atoms with Crippen molar-refractivity contribution in [3.8, 4) is 0 Å². The number of aromatic nitrogens is 1.